The number of fused-ring (bicyclic) bond motifs is 1. The molecule has 0 aliphatic heterocycles. The summed E-state index contributed by atoms with van der Waals surface area (Å²) in [5.41, 5.74) is 1.03. The van der Waals surface area contributed by atoms with Gasteiger partial charge in [-0.05, 0) is 29.8 Å². The fraction of sp³-hybridized carbons (Fsp3) is 0.0909. The largest absolute Gasteiger partial charge is 1.00 e. The monoisotopic (exact) mass is 244 g/mol. The average molecular weight is 244 g/mol. The van der Waals surface area contributed by atoms with Crippen LogP contribution in [0, 0.1) is 6.92 Å². The molecule has 0 amide bonds. The summed E-state index contributed by atoms with van der Waals surface area (Å²) in [5, 5.41) is 1.69. The predicted molar refractivity (Wildman–Crippen MR) is 56.6 cm³/mol. The van der Waals surface area contributed by atoms with Gasteiger partial charge in [-0.25, -0.2) is 8.42 Å². The topological polar surface area (TPSA) is 57.2 Å². The van der Waals surface area contributed by atoms with E-state index in [0.717, 1.165) is 16.3 Å². The van der Waals surface area contributed by atoms with E-state index in [0.29, 0.717) is 0 Å². The number of hydrogen-bond acceptors (Lipinski definition) is 3. The maximum absolute atomic E-state index is 10.8. The van der Waals surface area contributed by atoms with Gasteiger partial charge in [0.1, 0.15) is 10.1 Å². The molecule has 2 aromatic carbocycles. The van der Waals surface area contributed by atoms with E-state index < -0.39 is 10.1 Å². The van der Waals surface area contributed by atoms with E-state index in [1.165, 1.54) is 12.1 Å². The minimum atomic E-state index is -4.36. The predicted octanol–water partition coefficient (Wildman–Crippen LogP) is -0.944. The Hall–Kier alpha value is -0.390. The molecule has 3 nitrogen and oxygen atoms in total. The van der Waals surface area contributed by atoms with E-state index in [4.69, 9.17) is 0 Å². The average Bonchev–Trinajstić information content (AvgIpc) is 2.15. The van der Waals surface area contributed by atoms with Crippen molar-refractivity contribution in [1.82, 2.24) is 0 Å². The van der Waals surface area contributed by atoms with Gasteiger partial charge in [0.25, 0.3) is 0 Å². The molecule has 2 rings (SSSR count). The normalized spacial score (nSPS) is 11.1. The molecule has 78 valence electrons. The minimum Gasteiger partial charge on any atom is -0.744 e. The molecule has 5 heteroatoms. The van der Waals surface area contributed by atoms with Crippen LogP contribution < -0.4 is 29.6 Å². The molecule has 16 heavy (non-hydrogen) atoms. The summed E-state index contributed by atoms with van der Waals surface area (Å²) in [7, 11) is -4.36. The molecule has 0 bridgehead atoms. The van der Waals surface area contributed by atoms with Gasteiger partial charge in [-0.3, -0.25) is 0 Å². The number of hydrogen-bond donors (Lipinski definition) is 0. The molecule has 0 spiro atoms. The molecule has 2 aromatic rings. The van der Waals surface area contributed by atoms with Crippen LogP contribution in [0.25, 0.3) is 10.8 Å². The summed E-state index contributed by atoms with van der Waals surface area (Å²) in [4.78, 5) is -0.180. The van der Waals surface area contributed by atoms with Crippen LogP contribution in [0.4, 0.5) is 0 Å². The van der Waals surface area contributed by atoms with Crippen molar-refractivity contribution in [1.29, 1.82) is 0 Å². The van der Waals surface area contributed by atoms with E-state index in [9.17, 15) is 13.0 Å². The zero-order valence-electron chi connectivity index (χ0n) is 9.10. The van der Waals surface area contributed by atoms with Crippen molar-refractivity contribution < 1.29 is 42.5 Å². The van der Waals surface area contributed by atoms with Gasteiger partial charge in [0.15, 0.2) is 0 Å². The Morgan fingerprint density at radius 3 is 2.25 bits per heavy atom. The third kappa shape index (κ3) is 2.84. The van der Waals surface area contributed by atoms with E-state index >= 15 is 0 Å². The number of aryl methyl sites for hydroxylation is 1. The number of benzene rings is 2. The smallest absolute Gasteiger partial charge is 0.744 e. The summed E-state index contributed by atoms with van der Waals surface area (Å²) in [6, 6.07) is 10.1. The first-order valence-electron chi connectivity index (χ1n) is 4.43. The Balaban J connectivity index is 0.00000128. The van der Waals surface area contributed by atoms with Crippen molar-refractivity contribution in [2.75, 3.05) is 0 Å². The van der Waals surface area contributed by atoms with Gasteiger partial charge >= 0.3 is 29.6 Å². The van der Waals surface area contributed by atoms with Crippen LogP contribution in [0.5, 0.6) is 0 Å². The molecule has 0 atom stereocenters. The molecule has 0 aliphatic rings. The third-order valence-corrected chi connectivity index (χ3v) is 3.09. The molecule has 0 N–H and O–H groups in total. The minimum absolute atomic E-state index is 0. The first kappa shape index (κ1) is 13.7. The Morgan fingerprint density at radius 1 is 1.00 bits per heavy atom. The van der Waals surface area contributed by atoms with Gasteiger partial charge in [0.05, 0.1) is 4.90 Å². The second-order valence-corrected chi connectivity index (χ2v) is 4.85. The van der Waals surface area contributed by atoms with Crippen molar-refractivity contribution in [2.24, 2.45) is 0 Å². The summed E-state index contributed by atoms with van der Waals surface area (Å²) >= 11 is 0. The van der Waals surface area contributed by atoms with Gasteiger partial charge < -0.3 is 4.55 Å². The molecule has 0 saturated carbocycles. The second kappa shape index (κ2) is 4.85. The molecule has 0 saturated heterocycles. The molecule has 0 heterocycles. The second-order valence-electron chi connectivity index (χ2n) is 3.47. The zero-order chi connectivity index (χ0) is 11.1. The maximum atomic E-state index is 10.8. The third-order valence-electron chi connectivity index (χ3n) is 2.26. The van der Waals surface area contributed by atoms with E-state index in [1.54, 1.807) is 6.07 Å². The van der Waals surface area contributed by atoms with Gasteiger partial charge in [-0.15, -0.1) is 0 Å². The van der Waals surface area contributed by atoms with Crippen molar-refractivity contribution in [3.05, 3.63) is 42.0 Å². The summed E-state index contributed by atoms with van der Waals surface area (Å²) < 4.78 is 32.4. The van der Waals surface area contributed by atoms with Crippen LogP contribution >= 0.6 is 0 Å². The Kier molecular flexibility index (Phi) is 4.15. The van der Waals surface area contributed by atoms with E-state index in [2.05, 4.69) is 0 Å². The standard InChI is InChI=1S/C11H10O3S.Na/c1-8-2-3-9-4-5-11(15(12,13)14)7-10(9)6-8;/h2-7H,1H3,(H,12,13,14);/q;+1/p-1. The quantitative estimate of drug-likeness (QED) is 0.480. The Morgan fingerprint density at radius 2 is 1.62 bits per heavy atom. The molecular weight excluding hydrogens is 235 g/mol. The fourth-order valence-corrected chi connectivity index (χ4v) is 2.01. The summed E-state index contributed by atoms with van der Waals surface area (Å²) in [5.74, 6) is 0. The summed E-state index contributed by atoms with van der Waals surface area (Å²) in [6.07, 6.45) is 0. The molecule has 0 unspecified atom stereocenters. The van der Waals surface area contributed by atoms with Crippen LogP contribution in [0.2, 0.25) is 0 Å². The van der Waals surface area contributed by atoms with Crippen molar-refractivity contribution in [2.45, 2.75) is 11.8 Å². The van der Waals surface area contributed by atoms with Crippen molar-refractivity contribution in [3.63, 3.8) is 0 Å². The fourth-order valence-electron chi connectivity index (χ4n) is 1.50. The molecule has 0 radical (unpaired) electrons. The Bertz CT molecular complexity index is 620. The van der Waals surface area contributed by atoms with Crippen LogP contribution in [0.15, 0.2) is 41.3 Å². The summed E-state index contributed by atoms with van der Waals surface area (Å²) in [6.45, 7) is 1.91. The molecule has 0 fully saturated rings. The van der Waals surface area contributed by atoms with Gasteiger partial charge in [-0.1, -0.05) is 29.8 Å². The van der Waals surface area contributed by atoms with Crippen LogP contribution in [0.1, 0.15) is 5.56 Å². The van der Waals surface area contributed by atoms with Crippen molar-refractivity contribution in [3.8, 4) is 0 Å². The number of rotatable bonds is 1. The SMILES string of the molecule is Cc1ccc2ccc(S(=O)(=O)[O-])cc2c1.[Na+]. The van der Waals surface area contributed by atoms with Gasteiger partial charge in [0, 0.05) is 0 Å². The molecule has 0 aliphatic carbocycles. The molecule has 0 aromatic heterocycles. The first-order valence-corrected chi connectivity index (χ1v) is 5.84. The van der Waals surface area contributed by atoms with Gasteiger partial charge in [-0.2, -0.15) is 0 Å². The van der Waals surface area contributed by atoms with Gasteiger partial charge in [0.2, 0.25) is 0 Å². The zero-order valence-corrected chi connectivity index (χ0v) is 11.9. The Labute approximate surface area is 117 Å². The van der Waals surface area contributed by atoms with Crippen LogP contribution in [0.3, 0.4) is 0 Å². The van der Waals surface area contributed by atoms with Crippen molar-refractivity contribution >= 4 is 20.9 Å². The first-order chi connectivity index (χ1) is 6.97. The van der Waals surface area contributed by atoms with E-state index in [1.807, 2.05) is 25.1 Å². The van der Waals surface area contributed by atoms with Crippen LogP contribution in [-0.2, 0) is 10.1 Å². The maximum Gasteiger partial charge on any atom is 1.00 e. The van der Waals surface area contributed by atoms with Crippen LogP contribution in [-0.4, -0.2) is 13.0 Å². The van der Waals surface area contributed by atoms with E-state index in [-0.39, 0.29) is 34.5 Å². The molecular formula is C11H9NaO3S.